The Morgan fingerprint density at radius 1 is 1.35 bits per heavy atom. The Hall–Kier alpha value is -2.03. The third-order valence-electron chi connectivity index (χ3n) is 1.77. The molecule has 1 aromatic heterocycles. The van der Waals surface area contributed by atoms with Gasteiger partial charge in [0.25, 0.3) is 0 Å². The van der Waals surface area contributed by atoms with Crippen molar-refractivity contribution in [3.05, 3.63) is 17.2 Å². The van der Waals surface area contributed by atoms with Crippen LogP contribution in [0, 0.1) is 22.7 Å². The molecule has 0 spiro atoms. The summed E-state index contributed by atoms with van der Waals surface area (Å²) in [6, 6.07) is 3.08. The number of alkyl halides is 2. The zero-order valence-electron chi connectivity index (χ0n) is 8.83. The molecule has 0 bridgehead atoms. The molecule has 1 aromatic rings. The van der Waals surface area contributed by atoms with E-state index < -0.39 is 17.6 Å². The first kappa shape index (κ1) is 13.0. The van der Waals surface area contributed by atoms with Crippen molar-refractivity contribution in [3.63, 3.8) is 0 Å². The number of hydrogen-bond donors (Lipinski definition) is 1. The second-order valence-electron chi connectivity index (χ2n) is 2.89. The van der Waals surface area contributed by atoms with Crippen LogP contribution in [-0.4, -0.2) is 30.3 Å². The molecular weight excluding hydrogens is 234 g/mol. The highest BCUT2D eigenvalue weighted by atomic mass is 19.3. The van der Waals surface area contributed by atoms with Gasteiger partial charge in [0, 0.05) is 7.11 Å². The Kier molecular flexibility index (Phi) is 4.10. The maximum absolute atomic E-state index is 13.4. The van der Waals surface area contributed by atoms with Crippen LogP contribution in [0.15, 0.2) is 0 Å². The molecule has 0 amide bonds. The summed E-state index contributed by atoms with van der Waals surface area (Å²) < 4.78 is 35.5. The van der Waals surface area contributed by atoms with Gasteiger partial charge >= 0.3 is 6.11 Å². The number of aromatic amines is 1. The topological polar surface area (TPSA) is 94.7 Å². The van der Waals surface area contributed by atoms with Gasteiger partial charge in [-0.05, 0) is 0 Å². The summed E-state index contributed by atoms with van der Waals surface area (Å²) in [5.74, 6) is -0.873. The number of rotatable bonds is 5. The van der Waals surface area contributed by atoms with Gasteiger partial charge < -0.3 is 14.5 Å². The molecule has 0 fully saturated rings. The van der Waals surface area contributed by atoms with Crippen LogP contribution >= 0.6 is 0 Å². The van der Waals surface area contributed by atoms with Crippen LogP contribution in [0.3, 0.4) is 0 Å². The van der Waals surface area contributed by atoms with Crippen LogP contribution in [0.1, 0.15) is 17.2 Å². The van der Waals surface area contributed by atoms with E-state index in [0.29, 0.717) is 0 Å². The van der Waals surface area contributed by atoms with Crippen LogP contribution in [0.2, 0.25) is 0 Å². The Labute approximate surface area is 95.4 Å². The summed E-state index contributed by atoms with van der Waals surface area (Å²) in [4.78, 5) is 5.33. The number of nitriles is 2. The van der Waals surface area contributed by atoms with E-state index >= 15 is 0 Å². The Morgan fingerprint density at radius 3 is 2.53 bits per heavy atom. The number of H-pyrrole nitrogens is 1. The lowest BCUT2D eigenvalue weighted by Crippen LogP contribution is -2.22. The third kappa shape index (κ3) is 2.97. The van der Waals surface area contributed by atoms with E-state index in [0.717, 1.165) is 0 Å². The van der Waals surface area contributed by atoms with Crippen LogP contribution < -0.4 is 0 Å². The zero-order chi connectivity index (χ0) is 12.9. The average molecular weight is 242 g/mol. The number of ether oxygens (including phenoxy) is 2. The number of imidazole rings is 1. The quantitative estimate of drug-likeness (QED) is 0.773. The smallest absolute Gasteiger partial charge is 0.382 e. The van der Waals surface area contributed by atoms with Crippen molar-refractivity contribution in [1.29, 1.82) is 10.5 Å². The predicted octanol–water partition coefficient (Wildman–Crippen LogP) is 0.865. The van der Waals surface area contributed by atoms with Crippen LogP contribution in [0.5, 0.6) is 0 Å². The number of nitrogens with zero attached hydrogens (tertiary/aromatic N) is 3. The first-order chi connectivity index (χ1) is 8.05. The number of nitrogens with one attached hydrogen (secondary N) is 1. The molecule has 0 aliphatic carbocycles. The molecular formula is C9H8F2N4O2. The summed E-state index contributed by atoms with van der Waals surface area (Å²) >= 11 is 0. The van der Waals surface area contributed by atoms with E-state index in [4.69, 9.17) is 10.5 Å². The number of aromatic nitrogens is 2. The maximum atomic E-state index is 13.4. The first-order valence-electron chi connectivity index (χ1n) is 4.46. The van der Waals surface area contributed by atoms with Crippen LogP contribution in [0.25, 0.3) is 0 Å². The van der Waals surface area contributed by atoms with Crippen molar-refractivity contribution >= 4 is 0 Å². The van der Waals surface area contributed by atoms with Crippen molar-refractivity contribution in [1.82, 2.24) is 9.97 Å². The van der Waals surface area contributed by atoms with E-state index in [1.807, 2.05) is 4.98 Å². The molecule has 6 nitrogen and oxygen atoms in total. The number of hydrogen-bond acceptors (Lipinski definition) is 5. The van der Waals surface area contributed by atoms with Gasteiger partial charge in [-0.3, -0.25) is 0 Å². The molecule has 0 atom stereocenters. The largest absolute Gasteiger partial charge is 0.415 e. The molecule has 0 radical (unpaired) electrons. The minimum absolute atomic E-state index is 0.00743. The van der Waals surface area contributed by atoms with Gasteiger partial charge in [-0.2, -0.15) is 19.3 Å². The fourth-order valence-corrected chi connectivity index (χ4v) is 0.994. The molecule has 0 aliphatic rings. The fourth-order valence-electron chi connectivity index (χ4n) is 0.994. The lowest BCUT2D eigenvalue weighted by molar-refractivity contribution is -0.257. The number of halogens is 2. The molecule has 8 heteroatoms. The van der Waals surface area contributed by atoms with Crippen molar-refractivity contribution in [3.8, 4) is 12.1 Å². The summed E-state index contributed by atoms with van der Waals surface area (Å²) in [6.07, 6.45) is -3.70. The molecule has 1 rings (SSSR count). The van der Waals surface area contributed by atoms with Crippen LogP contribution in [0.4, 0.5) is 8.78 Å². The van der Waals surface area contributed by atoms with Crippen molar-refractivity contribution in [2.45, 2.75) is 6.11 Å². The fraction of sp³-hybridized carbons (Fsp3) is 0.444. The summed E-state index contributed by atoms with van der Waals surface area (Å²) in [5.41, 5.74) is -0.713. The lowest BCUT2D eigenvalue weighted by atomic mass is 10.4. The minimum Gasteiger partial charge on any atom is -0.382 e. The van der Waals surface area contributed by atoms with Gasteiger partial charge in [0.1, 0.15) is 12.1 Å². The van der Waals surface area contributed by atoms with E-state index in [2.05, 4.69) is 14.5 Å². The molecule has 0 aliphatic heterocycles. The summed E-state index contributed by atoms with van der Waals surface area (Å²) in [6.45, 7) is -0.347. The number of methoxy groups -OCH3 is 1. The highest BCUT2D eigenvalue weighted by Gasteiger charge is 2.37. The zero-order valence-corrected chi connectivity index (χ0v) is 8.83. The van der Waals surface area contributed by atoms with E-state index in [1.165, 1.54) is 13.2 Å². The lowest BCUT2D eigenvalue weighted by Gasteiger charge is -2.13. The standard InChI is InChI=1S/C9H8F2N4O2/c1-16-2-3-17-9(10,11)8-14-6(4-12)7(5-13)15-8/h2-3H2,1H3,(H,14,15). The van der Waals surface area contributed by atoms with Crippen LogP contribution in [-0.2, 0) is 15.6 Å². The van der Waals surface area contributed by atoms with Crippen molar-refractivity contribution in [2.75, 3.05) is 20.3 Å². The third-order valence-corrected chi connectivity index (χ3v) is 1.77. The molecule has 90 valence electrons. The van der Waals surface area contributed by atoms with E-state index in [1.54, 1.807) is 6.07 Å². The summed E-state index contributed by atoms with van der Waals surface area (Å²) in [5, 5.41) is 17.1. The molecule has 0 unspecified atom stereocenters. The highest BCUT2D eigenvalue weighted by Crippen LogP contribution is 2.27. The van der Waals surface area contributed by atoms with Gasteiger partial charge in [-0.1, -0.05) is 0 Å². The predicted molar refractivity (Wildman–Crippen MR) is 49.7 cm³/mol. The van der Waals surface area contributed by atoms with Gasteiger partial charge in [-0.15, -0.1) is 0 Å². The monoisotopic (exact) mass is 242 g/mol. The normalized spacial score (nSPS) is 10.9. The molecule has 0 aromatic carbocycles. The Balaban J connectivity index is 2.88. The van der Waals surface area contributed by atoms with E-state index in [-0.39, 0.29) is 18.9 Å². The van der Waals surface area contributed by atoms with Gasteiger partial charge in [-0.25, -0.2) is 4.98 Å². The van der Waals surface area contributed by atoms with Gasteiger partial charge in [0.05, 0.1) is 13.2 Å². The Bertz CT molecular complexity index is 441. The average Bonchev–Trinajstić information content (AvgIpc) is 2.73. The summed E-state index contributed by atoms with van der Waals surface area (Å²) in [7, 11) is 1.34. The molecule has 1 N–H and O–H groups in total. The van der Waals surface area contributed by atoms with Gasteiger partial charge in [0.2, 0.25) is 5.82 Å². The second-order valence-corrected chi connectivity index (χ2v) is 2.89. The maximum Gasteiger partial charge on any atom is 0.415 e. The molecule has 0 saturated heterocycles. The second kappa shape index (κ2) is 5.34. The Morgan fingerprint density at radius 2 is 2.06 bits per heavy atom. The van der Waals surface area contributed by atoms with Crippen molar-refractivity contribution in [2.24, 2.45) is 0 Å². The SMILES string of the molecule is COCCOC(F)(F)c1nc(C#N)c(C#N)[nH]1. The molecule has 1 heterocycles. The van der Waals surface area contributed by atoms with Crippen molar-refractivity contribution < 1.29 is 18.3 Å². The van der Waals surface area contributed by atoms with E-state index in [9.17, 15) is 8.78 Å². The highest BCUT2D eigenvalue weighted by molar-refractivity contribution is 5.36. The minimum atomic E-state index is -3.70. The van der Waals surface area contributed by atoms with Gasteiger partial charge in [0.15, 0.2) is 11.4 Å². The molecule has 0 saturated carbocycles. The first-order valence-corrected chi connectivity index (χ1v) is 4.46. The molecule has 17 heavy (non-hydrogen) atoms.